The van der Waals surface area contributed by atoms with Crippen LogP contribution in [0.1, 0.15) is 11.6 Å². The summed E-state index contributed by atoms with van der Waals surface area (Å²) in [5.74, 6) is -0.170. The molecule has 18 heavy (non-hydrogen) atoms. The molecule has 100 valence electrons. The van der Waals surface area contributed by atoms with E-state index in [9.17, 15) is 4.39 Å². The summed E-state index contributed by atoms with van der Waals surface area (Å²) in [7, 11) is 0. The van der Waals surface area contributed by atoms with E-state index in [0.29, 0.717) is 5.56 Å². The Balaban J connectivity index is 0.00000162. The summed E-state index contributed by atoms with van der Waals surface area (Å²) in [6.45, 7) is 7.57. The van der Waals surface area contributed by atoms with Gasteiger partial charge in [0.25, 0.3) is 0 Å². The number of nitrogens with zero attached hydrogens (tertiary/aromatic N) is 1. The molecule has 1 aliphatic heterocycles. The number of hydrogen-bond acceptors (Lipinski definition) is 2. The Morgan fingerprint density at radius 1 is 1.39 bits per heavy atom. The number of rotatable bonds is 3. The minimum atomic E-state index is -0.170. The highest BCUT2D eigenvalue weighted by Gasteiger charge is 2.22. The second-order valence-corrected chi connectivity index (χ2v) is 5.05. The second kappa shape index (κ2) is 7.24. The third-order valence-corrected chi connectivity index (χ3v) is 3.54. The molecule has 1 aromatic rings. The molecule has 0 spiro atoms. The number of nitrogens with one attached hydrogen (secondary N) is 1. The zero-order chi connectivity index (χ0) is 12.3. The standard InChI is InChI=1S/C13H16BrFN2.ClH/c1-2-13(17-7-5-16-6-8-17)11-9-10(14)3-4-12(11)15;/h2-4,9,13,16H,1,5-8H2;1H/t13-;/m1./s1. The molecule has 0 aliphatic carbocycles. The molecule has 0 saturated carbocycles. The van der Waals surface area contributed by atoms with Gasteiger partial charge in [0.05, 0.1) is 6.04 Å². The molecule has 1 fully saturated rings. The fourth-order valence-electron chi connectivity index (χ4n) is 2.17. The van der Waals surface area contributed by atoms with Crippen molar-refractivity contribution in [2.75, 3.05) is 26.2 Å². The molecule has 0 radical (unpaired) electrons. The highest BCUT2D eigenvalue weighted by atomic mass is 79.9. The van der Waals surface area contributed by atoms with E-state index in [1.807, 2.05) is 12.1 Å². The third kappa shape index (κ3) is 3.54. The first-order chi connectivity index (χ1) is 8.22. The highest BCUT2D eigenvalue weighted by Crippen LogP contribution is 2.27. The lowest BCUT2D eigenvalue weighted by molar-refractivity contribution is 0.200. The zero-order valence-electron chi connectivity index (χ0n) is 10.0. The molecular formula is C13H17BrClFN2. The summed E-state index contributed by atoms with van der Waals surface area (Å²) in [4.78, 5) is 2.24. The van der Waals surface area contributed by atoms with Gasteiger partial charge in [-0.15, -0.1) is 19.0 Å². The van der Waals surface area contributed by atoms with E-state index in [-0.39, 0.29) is 24.3 Å². The van der Waals surface area contributed by atoms with Crippen molar-refractivity contribution in [1.29, 1.82) is 0 Å². The van der Waals surface area contributed by atoms with E-state index in [4.69, 9.17) is 0 Å². The smallest absolute Gasteiger partial charge is 0.128 e. The largest absolute Gasteiger partial charge is 0.314 e. The van der Waals surface area contributed by atoms with Crippen molar-refractivity contribution in [1.82, 2.24) is 10.2 Å². The maximum atomic E-state index is 13.9. The zero-order valence-corrected chi connectivity index (χ0v) is 12.4. The van der Waals surface area contributed by atoms with Crippen LogP contribution < -0.4 is 5.32 Å². The summed E-state index contributed by atoms with van der Waals surface area (Å²) in [6, 6.07) is 5.01. The highest BCUT2D eigenvalue weighted by molar-refractivity contribution is 9.10. The van der Waals surface area contributed by atoms with E-state index in [2.05, 4.69) is 32.7 Å². The molecule has 1 saturated heterocycles. The summed E-state index contributed by atoms with van der Waals surface area (Å²) in [5, 5.41) is 3.29. The molecule has 0 unspecified atom stereocenters. The van der Waals surface area contributed by atoms with Crippen molar-refractivity contribution >= 4 is 28.3 Å². The number of hydrogen-bond donors (Lipinski definition) is 1. The Bertz CT molecular complexity index is 408. The molecule has 0 amide bonds. The van der Waals surface area contributed by atoms with Gasteiger partial charge in [0.1, 0.15) is 5.82 Å². The minimum absolute atomic E-state index is 0. The van der Waals surface area contributed by atoms with Gasteiger partial charge < -0.3 is 5.32 Å². The quantitative estimate of drug-likeness (QED) is 0.854. The maximum absolute atomic E-state index is 13.9. The van der Waals surface area contributed by atoms with Gasteiger partial charge in [0.15, 0.2) is 0 Å². The molecule has 5 heteroatoms. The molecule has 1 heterocycles. The molecular weight excluding hydrogens is 319 g/mol. The first-order valence-corrected chi connectivity index (χ1v) is 6.54. The Labute approximate surface area is 122 Å². The van der Waals surface area contributed by atoms with Crippen LogP contribution in [0.4, 0.5) is 4.39 Å². The normalized spacial score (nSPS) is 17.9. The van der Waals surface area contributed by atoms with Gasteiger partial charge in [-0.1, -0.05) is 22.0 Å². The molecule has 1 N–H and O–H groups in total. The van der Waals surface area contributed by atoms with Gasteiger partial charge in [0.2, 0.25) is 0 Å². The summed E-state index contributed by atoms with van der Waals surface area (Å²) in [5.41, 5.74) is 0.691. The van der Waals surface area contributed by atoms with Crippen molar-refractivity contribution in [2.45, 2.75) is 6.04 Å². The van der Waals surface area contributed by atoms with Gasteiger partial charge in [-0.25, -0.2) is 4.39 Å². The first kappa shape index (κ1) is 15.6. The Hall–Kier alpha value is -0.420. The topological polar surface area (TPSA) is 15.3 Å². The van der Waals surface area contributed by atoms with Crippen LogP contribution in [-0.4, -0.2) is 31.1 Å². The molecule has 1 atom stereocenters. The molecule has 2 nitrogen and oxygen atoms in total. The van der Waals surface area contributed by atoms with Crippen LogP contribution in [0.5, 0.6) is 0 Å². The van der Waals surface area contributed by atoms with Gasteiger partial charge in [-0.3, -0.25) is 4.90 Å². The summed E-state index contributed by atoms with van der Waals surface area (Å²) >= 11 is 3.39. The van der Waals surface area contributed by atoms with Crippen molar-refractivity contribution in [3.8, 4) is 0 Å². The summed E-state index contributed by atoms with van der Waals surface area (Å²) in [6.07, 6.45) is 1.82. The van der Waals surface area contributed by atoms with Gasteiger partial charge >= 0.3 is 0 Å². The number of benzene rings is 1. The number of halogens is 3. The van der Waals surface area contributed by atoms with Crippen LogP contribution in [0.3, 0.4) is 0 Å². The van der Waals surface area contributed by atoms with Crippen molar-refractivity contribution in [3.05, 3.63) is 46.7 Å². The van der Waals surface area contributed by atoms with Crippen molar-refractivity contribution in [2.24, 2.45) is 0 Å². The monoisotopic (exact) mass is 334 g/mol. The van der Waals surface area contributed by atoms with Gasteiger partial charge in [-0.05, 0) is 18.2 Å². The molecule has 0 aromatic heterocycles. The van der Waals surface area contributed by atoms with Crippen LogP contribution in [0.15, 0.2) is 35.3 Å². The second-order valence-electron chi connectivity index (χ2n) is 4.13. The Kier molecular flexibility index (Phi) is 6.29. The van der Waals surface area contributed by atoms with E-state index < -0.39 is 0 Å². The van der Waals surface area contributed by atoms with Crippen LogP contribution >= 0.6 is 28.3 Å². The first-order valence-electron chi connectivity index (χ1n) is 5.74. The van der Waals surface area contributed by atoms with Gasteiger partial charge in [0, 0.05) is 36.2 Å². The molecule has 0 bridgehead atoms. The van der Waals surface area contributed by atoms with E-state index in [1.165, 1.54) is 6.07 Å². The summed E-state index contributed by atoms with van der Waals surface area (Å²) < 4.78 is 14.7. The minimum Gasteiger partial charge on any atom is -0.314 e. The maximum Gasteiger partial charge on any atom is 0.128 e. The molecule has 1 aromatic carbocycles. The average Bonchev–Trinajstić information content (AvgIpc) is 2.36. The third-order valence-electron chi connectivity index (χ3n) is 3.04. The van der Waals surface area contributed by atoms with E-state index >= 15 is 0 Å². The average molecular weight is 336 g/mol. The lowest BCUT2D eigenvalue weighted by atomic mass is 10.0. The fraction of sp³-hybridized carbons (Fsp3) is 0.385. The van der Waals surface area contributed by atoms with Crippen molar-refractivity contribution in [3.63, 3.8) is 0 Å². The predicted molar refractivity (Wildman–Crippen MR) is 78.7 cm³/mol. The Morgan fingerprint density at radius 3 is 2.67 bits per heavy atom. The Morgan fingerprint density at radius 2 is 2.06 bits per heavy atom. The fourth-order valence-corrected chi connectivity index (χ4v) is 2.55. The molecule has 1 aliphatic rings. The predicted octanol–water partition coefficient (Wildman–Crippen LogP) is 3.14. The number of piperazine rings is 1. The van der Waals surface area contributed by atoms with E-state index in [1.54, 1.807) is 6.07 Å². The van der Waals surface area contributed by atoms with Gasteiger partial charge in [-0.2, -0.15) is 0 Å². The molecule has 2 rings (SSSR count). The van der Waals surface area contributed by atoms with Crippen molar-refractivity contribution < 1.29 is 4.39 Å². The van der Waals surface area contributed by atoms with Crippen LogP contribution in [0.2, 0.25) is 0 Å². The SMILES string of the molecule is C=C[C@H](c1cc(Br)ccc1F)N1CCNCC1.Cl. The lowest BCUT2D eigenvalue weighted by Gasteiger charge is -2.33. The lowest BCUT2D eigenvalue weighted by Crippen LogP contribution is -2.44. The van der Waals surface area contributed by atoms with Crippen LogP contribution in [-0.2, 0) is 0 Å². The van der Waals surface area contributed by atoms with Crippen LogP contribution in [0.25, 0.3) is 0 Å². The van der Waals surface area contributed by atoms with Crippen LogP contribution in [0, 0.1) is 5.82 Å². The van der Waals surface area contributed by atoms with E-state index in [0.717, 1.165) is 30.7 Å².